The van der Waals surface area contributed by atoms with Crippen molar-refractivity contribution in [3.63, 3.8) is 0 Å². The van der Waals surface area contributed by atoms with Crippen LogP contribution in [0.2, 0.25) is 10.0 Å². The first-order valence-electron chi connectivity index (χ1n) is 10.0. The summed E-state index contributed by atoms with van der Waals surface area (Å²) in [4.78, 5) is 0. The summed E-state index contributed by atoms with van der Waals surface area (Å²) in [6.45, 7) is 6.69. The minimum absolute atomic E-state index is 0.145. The average Bonchev–Trinajstić information content (AvgIpc) is 2.70. The molecule has 0 radical (unpaired) electrons. The lowest BCUT2D eigenvalue weighted by Crippen LogP contribution is -2.11. The molecule has 1 rings (SSSR count). The Morgan fingerprint density at radius 2 is 1.57 bits per heavy atom. The number of hydrogen-bond donors (Lipinski definition) is 0. The number of rotatable bonds is 17. The maximum absolute atomic E-state index is 6.27. The van der Waals surface area contributed by atoms with Gasteiger partial charge in [0.25, 0.3) is 0 Å². The SMILES string of the molecule is CCCSC(COCCCCOc1c(Cl)cc(OCC=C(Cl)Cl)cc1Cl)SCCC. The molecule has 1 aromatic rings. The van der Waals surface area contributed by atoms with Crippen LogP contribution in [0.15, 0.2) is 22.7 Å². The summed E-state index contributed by atoms with van der Waals surface area (Å²) in [7, 11) is 0. The van der Waals surface area contributed by atoms with Gasteiger partial charge in [-0.15, -0.1) is 23.5 Å². The molecule has 0 spiro atoms. The zero-order valence-corrected chi connectivity index (χ0v) is 22.1. The first-order chi connectivity index (χ1) is 14.5. The standard InChI is InChI=1S/C21H30Cl4O3S2/c1-3-11-29-20(30-12-4-2)15-26-8-5-6-9-28-21-17(22)13-16(14-18(21)23)27-10-7-19(24)25/h7,13-14,20H,3-6,8-12,15H2,1-2H3. The molecule has 0 aliphatic carbocycles. The molecular weight excluding hydrogens is 506 g/mol. The molecule has 0 aromatic heterocycles. The highest BCUT2D eigenvalue weighted by Gasteiger charge is 2.11. The molecule has 0 fully saturated rings. The Hall–Kier alpha value is 0.380. The molecule has 0 amide bonds. The third-order valence-electron chi connectivity index (χ3n) is 3.66. The molecule has 0 N–H and O–H groups in total. The van der Waals surface area contributed by atoms with Gasteiger partial charge >= 0.3 is 0 Å². The zero-order valence-electron chi connectivity index (χ0n) is 17.4. The van der Waals surface area contributed by atoms with Crippen molar-refractivity contribution in [3.8, 4) is 11.5 Å². The van der Waals surface area contributed by atoms with Gasteiger partial charge in [0.15, 0.2) is 5.75 Å². The fourth-order valence-corrected chi connectivity index (χ4v) is 5.31. The number of thioether (sulfide) groups is 2. The van der Waals surface area contributed by atoms with E-state index in [9.17, 15) is 0 Å². The molecule has 0 heterocycles. The fourth-order valence-electron chi connectivity index (χ4n) is 2.26. The summed E-state index contributed by atoms with van der Waals surface area (Å²) >= 11 is 27.6. The van der Waals surface area contributed by atoms with E-state index in [1.807, 2.05) is 23.5 Å². The Kier molecular flexibility index (Phi) is 16.9. The molecule has 0 saturated carbocycles. The Labute approximate surface area is 209 Å². The van der Waals surface area contributed by atoms with Gasteiger partial charge < -0.3 is 14.2 Å². The fraction of sp³-hybridized carbons (Fsp3) is 0.619. The molecule has 0 aliphatic rings. The highest BCUT2D eigenvalue weighted by atomic mass is 35.5. The molecule has 30 heavy (non-hydrogen) atoms. The van der Waals surface area contributed by atoms with E-state index in [-0.39, 0.29) is 11.1 Å². The van der Waals surface area contributed by atoms with Crippen molar-refractivity contribution in [2.45, 2.75) is 44.1 Å². The normalized spacial score (nSPS) is 11.0. The van der Waals surface area contributed by atoms with Crippen LogP contribution in [0.1, 0.15) is 39.5 Å². The zero-order chi connectivity index (χ0) is 22.2. The summed E-state index contributed by atoms with van der Waals surface area (Å²) in [5.41, 5.74) is 0. The van der Waals surface area contributed by atoms with Gasteiger partial charge in [-0.2, -0.15) is 0 Å². The molecule has 1 aromatic carbocycles. The number of ether oxygens (including phenoxy) is 3. The average molecular weight is 536 g/mol. The van der Waals surface area contributed by atoms with Crippen LogP contribution in [0, 0.1) is 0 Å². The van der Waals surface area contributed by atoms with E-state index in [1.165, 1.54) is 30.4 Å². The highest BCUT2D eigenvalue weighted by molar-refractivity contribution is 8.17. The lowest BCUT2D eigenvalue weighted by atomic mass is 10.3. The molecule has 0 bridgehead atoms. The van der Waals surface area contributed by atoms with Crippen LogP contribution in [0.25, 0.3) is 0 Å². The lowest BCUT2D eigenvalue weighted by Gasteiger charge is -2.16. The van der Waals surface area contributed by atoms with E-state index in [4.69, 9.17) is 60.6 Å². The van der Waals surface area contributed by atoms with E-state index >= 15 is 0 Å². The quantitative estimate of drug-likeness (QED) is 0.147. The van der Waals surface area contributed by atoms with Crippen LogP contribution >= 0.6 is 69.9 Å². The van der Waals surface area contributed by atoms with Gasteiger partial charge in [-0.05, 0) is 43.3 Å². The van der Waals surface area contributed by atoms with Crippen molar-refractivity contribution < 1.29 is 14.2 Å². The van der Waals surface area contributed by atoms with E-state index in [0.717, 1.165) is 26.1 Å². The van der Waals surface area contributed by atoms with Gasteiger partial charge in [0.05, 0.1) is 27.8 Å². The maximum atomic E-state index is 6.27. The molecule has 0 aliphatic heterocycles. The predicted octanol–water partition coefficient (Wildman–Crippen LogP) is 8.48. The Bertz CT molecular complexity index is 597. The largest absolute Gasteiger partial charge is 0.490 e. The molecule has 0 saturated heterocycles. The first kappa shape index (κ1) is 28.4. The van der Waals surface area contributed by atoms with Crippen LogP contribution in [0.3, 0.4) is 0 Å². The predicted molar refractivity (Wildman–Crippen MR) is 137 cm³/mol. The van der Waals surface area contributed by atoms with E-state index in [0.29, 0.717) is 32.7 Å². The molecule has 3 nitrogen and oxygen atoms in total. The Balaban J connectivity index is 2.29. The summed E-state index contributed by atoms with van der Waals surface area (Å²) < 4.78 is 17.8. The van der Waals surface area contributed by atoms with E-state index in [1.54, 1.807) is 12.1 Å². The van der Waals surface area contributed by atoms with Crippen molar-refractivity contribution >= 4 is 69.9 Å². The van der Waals surface area contributed by atoms with Crippen LogP contribution in [0.5, 0.6) is 11.5 Å². The summed E-state index contributed by atoms with van der Waals surface area (Å²) in [6, 6.07) is 3.31. The van der Waals surface area contributed by atoms with Crippen LogP contribution in [0.4, 0.5) is 0 Å². The van der Waals surface area contributed by atoms with Crippen molar-refractivity contribution in [1.29, 1.82) is 0 Å². The minimum Gasteiger partial charge on any atom is -0.490 e. The van der Waals surface area contributed by atoms with E-state index in [2.05, 4.69) is 13.8 Å². The van der Waals surface area contributed by atoms with Gasteiger partial charge in [0.2, 0.25) is 0 Å². The molecular formula is C21H30Cl4O3S2. The molecule has 0 atom stereocenters. The van der Waals surface area contributed by atoms with Gasteiger partial charge in [-0.3, -0.25) is 0 Å². The number of benzene rings is 1. The number of hydrogen-bond acceptors (Lipinski definition) is 5. The summed E-state index contributed by atoms with van der Waals surface area (Å²) in [6.07, 6.45) is 5.71. The van der Waals surface area contributed by atoms with Crippen LogP contribution in [-0.4, -0.2) is 42.5 Å². The van der Waals surface area contributed by atoms with Gasteiger partial charge in [0.1, 0.15) is 16.8 Å². The smallest absolute Gasteiger partial charge is 0.156 e. The Morgan fingerprint density at radius 3 is 2.13 bits per heavy atom. The second-order valence-corrected chi connectivity index (χ2v) is 11.1. The van der Waals surface area contributed by atoms with E-state index < -0.39 is 0 Å². The number of unbranched alkanes of at least 4 members (excludes halogenated alkanes) is 1. The van der Waals surface area contributed by atoms with Gasteiger partial charge in [-0.25, -0.2) is 0 Å². The maximum Gasteiger partial charge on any atom is 0.156 e. The van der Waals surface area contributed by atoms with Crippen molar-refractivity contribution in [3.05, 3.63) is 32.7 Å². The Morgan fingerprint density at radius 1 is 0.967 bits per heavy atom. The summed E-state index contributed by atoms with van der Waals surface area (Å²) in [5, 5.41) is 0.803. The molecule has 9 heteroatoms. The van der Waals surface area contributed by atoms with Crippen LogP contribution in [-0.2, 0) is 4.74 Å². The van der Waals surface area contributed by atoms with Crippen LogP contribution < -0.4 is 9.47 Å². The van der Waals surface area contributed by atoms with Gasteiger partial charge in [-0.1, -0.05) is 60.3 Å². The van der Waals surface area contributed by atoms with Crippen molar-refractivity contribution in [2.24, 2.45) is 0 Å². The molecule has 0 unspecified atom stereocenters. The number of halogens is 4. The van der Waals surface area contributed by atoms with Crippen molar-refractivity contribution in [2.75, 3.05) is 37.9 Å². The monoisotopic (exact) mass is 534 g/mol. The van der Waals surface area contributed by atoms with Crippen molar-refractivity contribution in [1.82, 2.24) is 0 Å². The summed E-state index contributed by atoms with van der Waals surface area (Å²) in [5.74, 6) is 3.35. The topological polar surface area (TPSA) is 27.7 Å². The first-order valence-corrected chi connectivity index (χ1v) is 13.7. The third kappa shape index (κ3) is 13.0. The minimum atomic E-state index is 0.145. The molecule has 172 valence electrons. The van der Waals surface area contributed by atoms with Gasteiger partial charge in [0, 0.05) is 18.7 Å². The second-order valence-electron chi connectivity index (χ2n) is 6.32. The lowest BCUT2D eigenvalue weighted by molar-refractivity contribution is 0.137. The second kappa shape index (κ2) is 17.9. The third-order valence-corrected chi connectivity index (χ3v) is 7.65. The highest BCUT2D eigenvalue weighted by Crippen LogP contribution is 2.37.